The first-order valence-corrected chi connectivity index (χ1v) is 7.16. The van der Waals surface area contributed by atoms with Crippen LogP contribution in [-0.4, -0.2) is 24.3 Å². The zero-order valence-corrected chi connectivity index (χ0v) is 12.8. The summed E-state index contributed by atoms with van der Waals surface area (Å²) in [5.74, 6) is 0.582. The number of aryl methyl sites for hydroxylation is 1. The highest BCUT2D eigenvalue weighted by molar-refractivity contribution is 5.66. The molecule has 21 heavy (non-hydrogen) atoms. The first-order valence-electron chi connectivity index (χ1n) is 7.16. The summed E-state index contributed by atoms with van der Waals surface area (Å²) in [7, 11) is 0. The molecule has 116 valence electrons. The van der Waals surface area contributed by atoms with Crippen molar-refractivity contribution in [2.45, 2.75) is 39.7 Å². The van der Waals surface area contributed by atoms with Gasteiger partial charge >= 0.3 is 5.97 Å². The molecule has 1 aliphatic rings. The third-order valence-corrected chi connectivity index (χ3v) is 3.64. The van der Waals surface area contributed by atoms with E-state index in [0.717, 1.165) is 16.9 Å². The Morgan fingerprint density at radius 1 is 1.33 bits per heavy atom. The fraction of sp³-hybridized carbons (Fsp3) is 0.562. The van der Waals surface area contributed by atoms with E-state index in [1.54, 1.807) is 0 Å². The summed E-state index contributed by atoms with van der Waals surface area (Å²) < 4.78 is 11.7. The van der Waals surface area contributed by atoms with Gasteiger partial charge in [0.1, 0.15) is 0 Å². The van der Waals surface area contributed by atoms with Crippen molar-refractivity contribution >= 4 is 5.97 Å². The Balaban J connectivity index is 2.22. The van der Waals surface area contributed by atoms with Gasteiger partial charge in [-0.3, -0.25) is 4.79 Å². The molecule has 1 unspecified atom stereocenters. The number of nitrogens with two attached hydrogens (primary N) is 1. The molecule has 1 aromatic rings. The van der Waals surface area contributed by atoms with E-state index in [4.69, 9.17) is 20.3 Å². The van der Waals surface area contributed by atoms with Crippen molar-refractivity contribution in [2.24, 2.45) is 11.1 Å². The van der Waals surface area contributed by atoms with Crippen LogP contribution in [0.2, 0.25) is 0 Å². The number of aliphatic carboxylic acids is 1. The van der Waals surface area contributed by atoms with E-state index in [1.807, 2.05) is 19.1 Å². The Bertz CT molecular complexity index is 539. The molecule has 0 aromatic heterocycles. The van der Waals surface area contributed by atoms with Crippen molar-refractivity contribution in [2.75, 3.05) is 13.2 Å². The second kappa shape index (κ2) is 5.93. The fourth-order valence-corrected chi connectivity index (χ4v) is 2.32. The number of ether oxygens (including phenoxy) is 2. The Morgan fingerprint density at radius 3 is 2.48 bits per heavy atom. The van der Waals surface area contributed by atoms with E-state index >= 15 is 0 Å². The van der Waals surface area contributed by atoms with Gasteiger partial charge in [-0.25, -0.2) is 0 Å². The number of carbonyl (C=O) groups is 1. The zero-order valence-electron chi connectivity index (χ0n) is 12.8. The van der Waals surface area contributed by atoms with Crippen LogP contribution in [0.25, 0.3) is 0 Å². The molecule has 2 rings (SSSR count). The summed E-state index contributed by atoms with van der Waals surface area (Å²) in [5, 5.41) is 8.77. The van der Waals surface area contributed by atoms with Crippen LogP contribution >= 0.6 is 0 Å². The number of hydrogen-bond acceptors (Lipinski definition) is 4. The molecule has 1 aromatic carbocycles. The minimum atomic E-state index is -0.834. The zero-order chi connectivity index (χ0) is 15.6. The van der Waals surface area contributed by atoms with Gasteiger partial charge in [0, 0.05) is 17.9 Å². The molecule has 0 bridgehead atoms. The maximum atomic E-state index is 10.7. The average Bonchev–Trinajstić information content (AvgIpc) is 2.54. The van der Waals surface area contributed by atoms with Gasteiger partial charge in [0.25, 0.3) is 0 Å². The van der Waals surface area contributed by atoms with Gasteiger partial charge in [-0.1, -0.05) is 13.8 Å². The lowest BCUT2D eigenvalue weighted by Crippen LogP contribution is -2.26. The van der Waals surface area contributed by atoms with E-state index in [-0.39, 0.29) is 17.9 Å². The van der Waals surface area contributed by atoms with Gasteiger partial charge in [0.05, 0.1) is 13.2 Å². The average molecular weight is 293 g/mol. The molecule has 1 heterocycles. The molecule has 0 saturated carbocycles. The van der Waals surface area contributed by atoms with Crippen molar-refractivity contribution < 1.29 is 19.4 Å². The molecular weight excluding hydrogens is 270 g/mol. The molecule has 0 spiro atoms. The van der Waals surface area contributed by atoms with E-state index in [9.17, 15) is 4.79 Å². The molecule has 0 saturated heterocycles. The van der Waals surface area contributed by atoms with Crippen LogP contribution in [0, 0.1) is 12.3 Å². The van der Waals surface area contributed by atoms with Crippen LogP contribution in [0.4, 0.5) is 0 Å². The number of carboxylic acids is 1. The maximum Gasteiger partial charge on any atom is 0.303 e. The Hall–Kier alpha value is -1.75. The van der Waals surface area contributed by atoms with Crippen molar-refractivity contribution in [3.05, 3.63) is 23.3 Å². The summed E-state index contributed by atoms with van der Waals surface area (Å²) in [6.45, 7) is 7.31. The second-order valence-electron chi connectivity index (χ2n) is 6.44. The van der Waals surface area contributed by atoms with Gasteiger partial charge in [0.15, 0.2) is 11.5 Å². The molecule has 1 atom stereocenters. The second-order valence-corrected chi connectivity index (χ2v) is 6.44. The number of rotatable bonds is 4. The van der Waals surface area contributed by atoms with Gasteiger partial charge in [-0.15, -0.1) is 0 Å². The molecule has 0 amide bonds. The molecular formula is C16H23NO4. The molecule has 5 heteroatoms. The fourth-order valence-electron chi connectivity index (χ4n) is 2.32. The molecule has 0 radical (unpaired) electrons. The number of carboxylic acid groups (broad SMARTS) is 1. The Labute approximate surface area is 125 Å². The van der Waals surface area contributed by atoms with Gasteiger partial charge in [-0.05, 0) is 36.6 Å². The number of benzene rings is 1. The van der Waals surface area contributed by atoms with Crippen molar-refractivity contribution in [3.63, 3.8) is 0 Å². The van der Waals surface area contributed by atoms with Crippen molar-refractivity contribution in [3.8, 4) is 11.5 Å². The predicted molar refractivity (Wildman–Crippen MR) is 79.7 cm³/mol. The molecule has 0 fully saturated rings. The maximum absolute atomic E-state index is 10.7. The van der Waals surface area contributed by atoms with E-state index in [2.05, 4.69) is 13.8 Å². The standard InChI is InChI=1S/C16H23NO4/c1-10-6-13-14(21-9-16(2,3)8-20-13)7-11(10)12(17)4-5-15(18)19/h6-7,12H,4-5,8-9,17H2,1-3H3,(H,18,19). The van der Waals surface area contributed by atoms with E-state index in [0.29, 0.717) is 25.4 Å². The van der Waals surface area contributed by atoms with Crippen LogP contribution in [0.1, 0.15) is 43.9 Å². The lowest BCUT2D eigenvalue weighted by atomic mass is 9.97. The first-order chi connectivity index (χ1) is 9.78. The summed E-state index contributed by atoms with van der Waals surface area (Å²) in [4.78, 5) is 10.7. The van der Waals surface area contributed by atoms with Crippen LogP contribution in [0.3, 0.4) is 0 Å². The molecule has 3 N–H and O–H groups in total. The van der Waals surface area contributed by atoms with Gasteiger partial charge < -0.3 is 20.3 Å². The van der Waals surface area contributed by atoms with Gasteiger partial charge in [0.2, 0.25) is 0 Å². The molecule has 0 aliphatic carbocycles. The number of hydrogen-bond donors (Lipinski definition) is 2. The monoisotopic (exact) mass is 293 g/mol. The lowest BCUT2D eigenvalue weighted by Gasteiger charge is -2.19. The summed E-state index contributed by atoms with van der Waals surface area (Å²) in [6.07, 6.45) is 0.462. The summed E-state index contributed by atoms with van der Waals surface area (Å²) in [6, 6.07) is 3.50. The quantitative estimate of drug-likeness (QED) is 0.892. The third-order valence-electron chi connectivity index (χ3n) is 3.64. The lowest BCUT2D eigenvalue weighted by molar-refractivity contribution is -0.137. The predicted octanol–water partition coefficient (Wildman–Crippen LogP) is 2.66. The van der Waals surface area contributed by atoms with Crippen LogP contribution < -0.4 is 15.2 Å². The van der Waals surface area contributed by atoms with Crippen LogP contribution in [0.5, 0.6) is 11.5 Å². The Morgan fingerprint density at radius 2 is 1.90 bits per heavy atom. The Kier molecular flexibility index (Phi) is 4.42. The highest BCUT2D eigenvalue weighted by Crippen LogP contribution is 2.37. The largest absolute Gasteiger partial charge is 0.489 e. The smallest absolute Gasteiger partial charge is 0.303 e. The third kappa shape index (κ3) is 3.88. The number of fused-ring (bicyclic) bond motifs is 1. The summed E-state index contributed by atoms with van der Waals surface area (Å²) in [5.41, 5.74) is 7.98. The molecule has 5 nitrogen and oxygen atoms in total. The van der Waals surface area contributed by atoms with Crippen molar-refractivity contribution in [1.29, 1.82) is 0 Å². The normalized spacial score (nSPS) is 17.9. The van der Waals surface area contributed by atoms with Crippen LogP contribution in [0.15, 0.2) is 12.1 Å². The molecule has 1 aliphatic heterocycles. The first kappa shape index (κ1) is 15.6. The minimum Gasteiger partial charge on any atom is -0.489 e. The topological polar surface area (TPSA) is 81.8 Å². The van der Waals surface area contributed by atoms with Crippen molar-refractivity contribution in [1.82, 2.24) is 0 Å². The van der Waals surface area contributed by atoms with E-state index in [1.165, 1.54) is 0 Å². The van der Waals surface area contributed by atoms with Gasteiger partial charge in [-0.2, -0.15) is 0 Å². The summed E-state index contributed by atoms with van der Waals surface area (Å²) >= 11 is 0. The van der Waals surface area contributed by atoms with Crippen LogP contribution in [-0.2, 0) is 4.79 Å². The van der Waals surface area contributed by atoms with E-state index < -0.39 is 5.97 Å². The highest BCUT2D eigenvalue weighted by Gasteiger charge is 2.26. The highest BCUT2D eigenvalue weighted by atomic mass is 16.5. The SMILES string of the molecule is Cc1cc2c(cc1C(N)CCC(=O)O)OCC(C)(C)CO2. The minimum absolute atomic E-state index is 0.0431.